The molecule has 1 saturated heterocycles. The van der Waals surface area contributed by atoms with Gasteiger partial charge in [-0.1, -0.05) is 0 Å². The van der Waals surface area contributed by atoms with Crippen molar-refractivity contribution >= 4 is 44.0 Å². The highest BCUT2D eigenvalue weighted by Gasteiger charge is 2.23. The van der Waals surface area contributed by atoms with E-state index >= 15 is 0 Å². The quantitative estimate of drug-likeness (QED) is 0.293. The van der Waals surface area contributed by atoms with Crippen molar-refractivity contribution in [2.24, 2.45) is 7.05 Å². The first-order valence-corrected chi connectivity index (χ1v) is 13.0. The Bertz CT molecular complexity index is 1600. The number of fused-ring (bicyclic) bond motifs is 2. The number of benzene rings is 2. The lowest BCUT2D eigenvalue weighted by atomic mass is 10.0. The minimum absolute atomic E-state index is 0.00284. The van der Waals surface area contributed by atoms with Gasteiger partial charge in [0.15, 0.2) is 0 Å². The smallest absolute Gasteiger partial charge is 0.388 e. The topological polar surface area (TPSA) is 90.2 Å². The van der Waals surface area contributed by atoms with Crippen LogP contribution >= 0.6 is 11.3 Å². The first-order chi connectivity index (χ1) is 18.4. The van der Waals surface area contributed by atoms with Gasteiger partial charge < -0.3 is 19.7 Å². The number of alkyl halides is 2. The van der Waals surface area contributed by atoms with Crippen LogP contribution in [0.1, 0.15) is 12.8 Å². The van der Waals surface area contributed by atoms with E-state index in [1.165, 1.54) is 11.0 Å². The number of aryl methyl sites for hydroxylation is 1. The van der Waals surface area contributed by atoms with Crippen molar-refractivity contribution in [3.8, 4) is 22.8 Å². The zero-order valence-electron chi connectivity index (χ0n) is 20.8. The number of halogens is 2. The van der Waals surface area contributed by atoms with Crippen LogP contribution in [-0.4, -0.2) is 62.5 Å². The van der Waals surface area contributed by atoms with Crippen molar-refractivity contribution < 1.29 is 18.3 Å². The normalized spacial score (nSPS) is 15.0. The van der Waals surface area contributed by atoms with E-state index in [0.29, 0.717) is 33.6 Å². The monoisotopic (exact) mass is 537 g/mol. The molecule has 1 aliphatic heterocycles. The molecule has 5 aromatic rings. The molecule has 0 spiro atoms. The fraction of sp³-hybridized carbons (Fsp3) is 0.308. The number of thiazole rings is 1. The van der Waals surface area contributed by atoms with Gasteiger partial charge in [0.1, 0.15) is 24.0 Å². The Hall–Kier alpha value is -3.90. The summed E-state index contributed by atoms with van der Waals surface area (Å²) in [7, 11) is 3.75. The molecule has 0 bridgehead atoms. The number of nitrogens with one attached hydrogen (secondary N) is 1. The van der Waals surface area contributed by atoms with Gasteiger partial charge in [0.05, 0.1) is 32.2 Å². The Balaban J connectivity index is 1.45. The van der Waals surface area contributed by atoms with Crippen LogP contribution in [0.3, 0.4) is 0 Å². The zero-order valence-corrected chi connectivity index (χ0v) is 21.6. The Morgan fingerprint density at radius 2 is 1.89 bits per heavy atom. The molecule has 2 aromatic carbocycles. The van der Waals surface area contributed by atoms with Crippen molar-refractivity contribution in [1.82, 2.24) is 29.6 Å². The number of hydrogen-bond donors (Lipinski definition) is 1. The van der Waals surface area contributed by atoms with Gasteiger partial charge in [-0.2, -0.15) is 8.78 Å². The van der Waals surface area contributed by atoms with Gasteiger partial charge in [0.2, 0.25) is 5.88 Å². The molecular formula is C26H25F2N7O2S. The predicted molar refractivity (Wildman–Crippen MR) is 142 cm³/mol. The van der Waals surface area contributed by atoms with Gasteiger partial charge in [0, 0.05) is 32.0 Å². The molecule has 4 heterocycles. The molecular weight excluding hydrogens is 512 g/mol. The van der Waals surface area contributed by atoms with Crippen molar-refractivity contribution in [3.05, 3.63) is 48.4 Å². The Morgan fingerprint density at radius 1 is 1.05 bits per heavy atom. The van der Waals surface area contributed by atoms with Crippen molar-refractivity contribution in [2.75, 3.05) is 25.5 Å². The van der Waals surface area contributed by atoms with Crippen LogP contribution in [0.5, 0.6) is 11.6 Å². The van der Waals surface area contributed by atoms with Crippen molar-refractivity contribution in [1.29, 1.82) is 0 Å². The first-order valence-electron chi connectivity index (χ1n) is 12.2. The third kappa shape index (κ3) is 4.96. The van der Waals surface area contributed by atoms with E-state index in [0.717, 1.165) is 41.8 Å². The molecule has 3 aromatic heterocycles. The molecule has 0 saturated carbocycles. The summed E-state index contributed by atoms with van der Waals surface area (Å²) in [6.45, 7) is -1.14. The lowest BCUT2D eigenvalue weighted by Gasteiger charge is -2.30. The number of hydrogen-bond acceptors (Lipinski definition) is 9. The zero-order chi connectivity index (χ0) is 26.2. The lowest BCUT2D eigenvalue weighted by molar-refractivity contribution is -0.0527. The predicted octanol–water partition coefficient (Wildman–Crippen LogP) is 5.46. The summed E-state index contributed by atoms with van der Waals surface area (Å²) in [5.41, 5.74) is 5.24. The molecule has 0 aliphatic carbocycles. The Labute approximate surface area is 221 Å². The molecule has 1 fully saturated rings. The molecule has 1 N–H and O–H groups in total. The van der Waals surface area contributed by atoms with E-state index in [1.54, 1.807) is 24.6 Å². The number of piperidine rings is 1. The van der Waals surface area contributed by atoms with Gasteiger partial charge >= 0.3 is 6.61 Å². The highest BCUT2D eigenvalue weighted by Crippen LogP contribution is 2.40. The average molecular weight is 538 g/mol. The first kappa shape index (κ1) is 24.4. The van der Waals surface area contributed by atoms with Crippen LogP contribution in [0.25, 0.3) is 32.2 Å². The van der Waals surface area contributed by atoms with E-state index in [9.17, 15) is 8.78 Å². The summed E-state index contributed by atoms with van der Waals surface area (Å²) < 4.78 is 40.0. The summed E-state index contributed by atoms with van der Waals surface area (Å²) in [5, 5.41) is 8.20. The van der Waals surface area contributed by atoms with Crippen LogP contribution in [0.2, 0.25) is 0 Å². The maximum Gasteiger partial charge on any atom is 0.388 e. The third-order valence-corrected chi connectivity index (χ3v) is 7.35. The summed E-state index contributed by atoms with van der Waals surface area (Å²) in [6, 6.07) is 9.57. The Kier molecular flexibility index (Phi) is 6.50. The van der Waals surface area contributed by atoms with Crippen LogP contribution < -0.4 is 14.8 Å². The molecule has 196 valence electrons. The molecule has 38 heavy (non-hydrogen) atoms. The van der Waals surface area contributed by atoms with E-state index in [4.69, 9.17) is 9.47 Å². The number of rotatable bonds is 7. The largest absolute Gasteiger partial charge is 0.489 e. The number of ether oxygens (including phenoxy) is 2. The molecule has 12 heteroatoms. The fourth-order valence-electron chi connectivity index (χ4n) is 4.69. The SMILES string of the molecule is CN1CCC(Oc2cc(-c3cn(C)nc3OC(F)F)cc3ncnc(Nc4ccc5ncsc5c4)c23)CC1. The molecule has 0 amide bonds. The molecule has 9 nitrogen and oxygen atoms in total. The molecule has 6 rings (SSSR count). The summed E-state index contributed by atoms with van der Waals surface area (Å²) in [4.78, 5) is 15.7. The summed E-state index contributed by atoms with van der Waals surface area (Å²) in [6.07, 6.45) is 4.85. The lowest BCUT2D eigenvalue weighted by Crippen LogP contribution is -2.35. The second-order valence-electron chi connectivity index (χ2n) is 9.27. The van der Waals surface area contributed by atoms with Gasteiger partial charge in [-0.15, -0.1) is 16.4 Å². The van der Waals surface area contributed by atoms with Gasteiger partial charge in [-0.05, 0) is 55.8 Å². The minimum Gasteiger partial charge on any atom is -0.489 e. The van der Waals surface area contributed by atoms with Crippen LogP contribution in [0.4, 0.5) is 20.3 Å². The fourth-order valence-corrected chi connectivity index (χ4v) is 5.40. The van der Waals surface area contributed by atoms with Crippen LogP contribution in [0.15, 0.2) is 48.4 Å². The van der Waals surface area contributed by atoms with Gasteiger partial charge in [-0.3, -0.25) is 4.68 Å². The van der Waals surface area contributed by atoms with Crippen LogP contribution in [0, 0.1) is 0 Å². The number of anilines is 2. The number of likely N-dealkylation sites (tertiary alicyclic amines) is 1. The second-order valence-corrected chi connectivity index (χ2v) is 10.2. The molecule has 0 radical (unpaired) electrons. The maximum absolute atomic E-state index is 13.1. The number of aromatic nitrogens is 5. The van der Waals surface area contributed by atoms with Gasteiger partial charge in [-0.25, -0.2) is 15.0 Å². The third-order valence-electron chi connectivity index (χ3n) is 6.56. The minimum atomic E-state index is -2.99. The summed E-state index contributed by atoms with van der Waals surface area (Å²) in [5.74, 6) is 1.00. The maximum atomic E-state index is 13.1. The number of nitrogens with zero attached hydrogens (tertiary/aromatic N) is 6. The van der Waals surface area contributed by atoms with E-state index in [2.05, 4.69) is 37.3 Å². The molecule has 1 aliphatic rings. The second kappa shape index (κ2) is 10.1. The molecule has 0 atom stereocenters. The highest BCUT2D eigenvalue weighted by atomic mass is 32.1. The van der Waals surface area contributed by atoms with E-state index in [-0.39, 0.29) is 12.0 Å². The average Bonchev–Trinajstić information content (AvgIpc) is 3.50. The van der Waals surface area contributed by atoms with E-state index in [1.807, 2.05) is 35.8 Å². The van der Waals surface area contributed by atoms with Crippen molar-refractivity contribution in [2.45, 2.75) is 25.6 Å². The molecule has 0 unspecified atom stereocenters. The Morgan fingerprint density at radius 3 is 2.71 bits per heavy atom. The van der Waals surface area contributed by atoms with Crippen molar-refractivity contribution in [3.63, 3.8) is 0 Å². The standard InChI is InChI=1S/C26H25F2N7O2S/c1-34-7-5-17(6-8-34)36-21-10-15(18-12-35(2)33-25(18)37-26(27)28)9-20-23(21)24(30-13-29-20)32-16-3-4-19-22(11-16)38-14-31-19/h3-4,9-14,17,26H,5-8H2,1-2H3,(H,29,30,32). The van der Waals surface area contributed by atoms with Crippen LogP contribution in [-0.2, 0) is 7.05 Å². The highest BCUT2D eigenvalue weighted by molar-refractivity contribution is 7.16. The summed E-state index contributed by atoms with van der Waals surface area (Å²) >= 11 is 1.56. The van der Waals surface area contributed by atoms with E-state index < -0.39 is 6.61 Å². The van der Waals surface area contributed by atoms with Gasteiger partial charge in [0.25, 0.3) is 0 Å².